The quantitative estimate of drug-likeness (QED) is 0.863. The number of nitrogens with zero attached hydrogens (tertiary/aromatic N) is 1. The van der Waals surface area contributed by atoms with E-state index >= 15 is 0 Å². The third-order valence-corrected chi connectivity index (χ3v) is 4.91. The van der Waals surface area contributed by atoms with Gasteiger partial charge in [0, 0.05) is 29.9 Å². The van der Waals surface area contributed by atoms with Gasteiger partial charge < -0.3 is 10.2 Å². The van der Waals surface area contributed by atoms with Crippen molar-refractivity contribution in [3.05, 3.63) is 22.4 Å². The standard InChI is InChI=1S/C13H18N2OS/c16-12(8-11-2-1-7-17-11)15-6-4-13(10-15)3-5-14-9-13/h1-2,7,14H,3-6,8-10H2. The smallest absolute Gasteiger partial charge is 0.227 e. The van der Waals surface area contributed by atoms with E-state index in [1.165, 1.54) is 17.7 Å². The van der Waals surface area contributed by atoms with Gasteiger partial charge in [-0.2, -0.15) is 0 Å². The zero-order valence-electron chi connectivity index (χ0n) is 9.95. The maximum absolute atomic E-state index is 12.2. The van der Waals surface area contributed by atoms with Crippen LogP contribution in [0.2, 0.25) is 0 Å². The molecule has 0 radical (unpaired) electrons. The molecule has 2 saturated heterocycles. The summed E-state index contributed by atoms with van der Waals surface area (Å²) in [6.07, 6.45) is 2.99. The Morgan fingerprint density at radius 1 is 1.53 bits per heavy atom. The second-order valence-electron chi connectivity index (χ2n) is 5.25. The van der Waals surface area contributed by atoms with Crippen LogP contribution < -0.4 is 5.32 Å². The molecule has 1 aromatic heterocycles. The predicted octanol–water partition coefficient (Wildman–Crippen LogP) is 1.50. The topological polar surface area (TPSA) is 32.3 Å². The Balaban J connectivity index is 1.60. The third-order valence-electron chi connectivity index (χ3n) is 4.03. The summed E-state index contributed by atoms with van der Waals surface area (Å²) in [5, 5.41) is 5.46. The van der Waals surface area contributed by atoms with Crippen LogP contribution in [0.25, 0.3) is 0 Å². The van der Waals surface area contributed by atoms with Gasteiger partial charge in [0.2, 0.25) is 5.91 Å². The molecule has 2 fully saturated rings. The highest BCUT2D eigenvalue weighted by Crippen LogP contribution is 2.36. The summed E-state index contributed by atoms with van der Waals surface area (Å²) in [7, 11) is 0. The summed E-state index contributed by atoms with van der Waals surface area (Å²) < 4.78 is 0. The molecule has 3 heterocycles. The summed E-state index contributed by atoms with van der Waals surface area (Å²) in [5.74, 6) is 0.302. The molecule has 2 aliphatic heterocycles. The average molecular weight is 250 g/mol. The fraction of sp³-hybridized carbons (Fsp3) is 0.615. The Morgan fingerprint density at radius 3 is 3.18 bits per heavy atom. The van der Waals surface area contributed by atoms with Crippen LogP contribution in [0.4, 0.5) is 0 Å². The lowest BCUT2D eigenvalue weighted by Gasteiger charge is -2.22. The van der Waals surface area contributed by atoms with E-state index in [0.29, 0.717) is 17.7 Å². The highest BCUT2D eigenvalue weighted by atomic mass is 32.1. The van der Waals surface area contributed by atoms with Gasteiger partial charge in [-0.15, -0.1) is 11.3 Å². The number of hydrogen-bond acceptors (Lipinski definition) is 3. The minimum absolute atomic E-state index is 0.302. The van der Waals surface area contributed by atoms with E-state index in [1.54, 1.807) is 11.3 Å². The molecule has 0 saturated carbocycles. The van der Waals surface area contributed by atoms with Gasteiger partial charge in [0.05, 0.1) is 6.42 Å². The van der Waals surface area contributed by atoms with Crippen molar-refractivity contribution in [1.82, 2.24) is 10.2 Å². The molecule has 3 nitrogen and oxygen atoms in total. The molecule has 92 valence electrons. The van der Waals surface area contributed by atoms with E-state index < -0.39 is 0 Å². The molecule has 1 amide bonds. The van der Waals surface area contributed by atoms with Crippen LogP contribution in [0.5, 0.6) is 0 Å². The predicted molar refractivity (Wildman–Crippen MR) is 69.1 cm³/mol. The average Bonchev–Trinajstić information content (AvgIpc) is 3.03. The Kier molecular flexibility index (Phi) is 2.92. The van der Waals surface area contributed by atoms with Crippen LogP contribution in [0.3, 0.4) is 0 Å². The van der Waals surface area contributed by atoms with E-state index in [4.69, 9.17) is 0 Å². The molecule has 4 heteroatoms. The van der Waals surface area contributed by atoms with Crippen molar-refractivity contribution in [2.45, 2.75) is 19.3 Å². The van der Waals surface area contributed by atoms with Gasteiger partial charge in [0.25, 0.3) is 0 Å². The number of nitrogens with one attached hydrogen (secondary N) is 1. The molecule has 3 rings (SSSR count). The van der Waals surface area contributed by atoms with Gasteiger partial charge >= 0.3 is 0 Å². The normalized spacial score (nSPS) is 28.1. The fourth-order valence-electron chi connectivity index (χ4n) is 2.97. The number of carbonyl (C=O) groups excluding carboxylic acids is 1. The summed E-state index contributed by atoms with van der Waals surface area (Å²) >= 11 is 1.67. The lowest BCUT2D eigenvalue weighted by atomic mass is 9.87. The van der Waals surface area contributed by atoms with E-state index in [1.807, 2.05) is 17.5 Å². The highest BCUT2D eigenvalue weighted by Gasteiger charge is 2.41. The first-order chi connectivity index (χ1) is 8.27. The third kappa shape index (κ3) is 2.24. The molecule has 0 bridgehead atoms. The number of amides is 1. The summed E-state index contributed by atoms with van der Waals surface area (Å²) in [4.78, 5) is 15.4. The molecule has 0 aromatic carbocycles. The molecule has 1 aromatic rings. The first-order valence-corrected chi connectivity index (χ1v) is 7.16. The fourth-order valence-corrected chi connectivity index (χ4v) is 3.66. The molecule has 1 spiro atoms. The summed E-state index contributed by atoms with van der Waals surface area (Å²) in [5.41, 5.74) is 0.394. The van der Waals surface area contributed by atoms with Crippen LogP contribution in [-0.2, 0) is 11.2 Å². The van der Waals surface area contributed by atoms with Crippen molar-refractivity contribution in [2.24, 2.45) is 5.41 Å². The zero-order valence-corrected chi connectivity index (χ0v) is 10.8. The van der Waals surface area contributed by atoms with Crippen LogP contribution in [0.1, 0.15) is 17.7 Å². The number of hydrogen-bond donors (Lipinski definition) is 1. The van der Waals surface area contributed by atoms with Gasteiger partial charge in [-0.1, -0.05) is 6.07 Å². The molecule has 1 atom stereocenters. The second kappa shape index (κ2) is 4.42. The number of thiophene rings is 1. The van der Waals surface area contributed by atoms with Gasteiger partial charge in [-0.05, 0) is 30.8 Å². The van der Waals surface area contributed by atoms with Gasteiger partial charge in [0.1, 0.15) is 0 Å². The van der Waals surface area contributed by atoms with E-state index in [9.17, 15) is 4.79 Å². The van der Waals surface area contributed by atoms with Crippen LogP contribution in [0.15, 0.2) is 17.5 Å². The zero-order chi connectivity index (χ0) is 11.7. The number of likely N-dealkylation sites (tertiary alicyclic amines) is 1. The Bertz CT molecular complexity index is 396. The lowest BCUT2D eigenvalue weighted by Crippen LogP contribution is -2.34. The van der Waals surface area contributed by atoms with Crippen LogP contribution >= 0.6 is 11.3 Å². The van der Waals surface area contributed by atoms with Crippen molar-refractivity contribution in [2.75, 3.05) is 26.2 Å². The minimum Gasteiger partial charge on any atom is -0.342 e. The maximum Gasteiger partial charge on any atom is 0.227 e. The van der Waals surface area contributed by atoms with E-state index in [0.717, 1.165) is 26.2 Å². The van der Waals surface area contributed by atoms with Gasteiger partial charge in [-0.25, -0.2) is 0 Å². The SMILES string of the molecule is O=C(Cc1cccs1)N1CCC2(CCNC2)C1. The second-order valence-corrected chi connectivity index (χ2v) is 6.28. The Morgan fingerprint density at radius 2 is 2.47 bits per heavy atom. The first kappa shape index (κ1) is 11.2. The van der Waals surface area contributed by atoms with Gasteiger partial charge in [0.15, 0.2) is 0 Å². The molecule has 0 aliphatic carbocycles. The lowest BCUT2D eigenvalue weighted by molar-refractivity contribution is -0.129. The Labute approximate surface area is 106 Å². The van der Waals surface area contributed by atoms with Crippen LogP contribution in [0, 0.1) is 5.41 Å². The maximum atomic E-state index is 12.2. The van der Waals surface area contributed by atoms with Crippen molar-refractivity contribution < 1.29 is 4.79 Å². The van der Waals surface area contributed by atoms with Crippen molar-refractivity contribution in [3.63, 3.8) is 0 Å². The minimum atomic E-state index is 0.302. The van der Waals surface area contributed by atoms with Gasteiger partial charge in [-0.3, -0.25) is 4.79 Å². The van der Waals surface area contributed by atoms with Crippen molar-refractivity contribution >= 4 is 17.2 Å². The molecular weight excluding hydrogens is 232 g/mol. The molecule has 1 unspecified atom stereocenters. The largest absolute Gasteiger partial charge is 0.342 e. The first-order valence-electron chi connectivity index (χ1n) is 6.28. The monoisotopic (exact) mass is 250 g/mol. The van der Waals surface area contributed by atoms with Crippen LogP contribution in [-0.4, -0.2) is 37.0 Å². The number of rotatable bonds is 2. The molecule has 17 heavy (non-hydrogen) atoms. The van der Waals surface area contributed by atoms with Crippen molar-refractivity contribution in [1.29, 1.82) is 0 Å². The summed E-state index contributed by atoms with van der Waals surface area (Å²) in [6.45, 7) is 4.12. The molecular formula is C13H18N2OS. The van der Waals surface area contributed by atoms with E-state index in [2.05, 4.69) is 10.2 Å². The molecule has 2 aliphatic rings. The Hall–Kier alpha value is -0.870. The van der Waals surface area contributed by atoms with Crippen molar-refractivity contribution in [3.8, 4) is 0 Å². The molecule has 1 N–H and O–H groups in total. The highest BCUT2D eigenvalue weighted by molar-refractivity contribution is 7.10. The number of carbonyl (C=O) groups is 1. The van der Waals surface area contributed by atoms with E-state index in [-0.39, 0.29) is 0 Å². The summed E-state index contributed by atoms with van der Waals surface area (Å²) in [6, 6.07) is 4.06.